The number of carbonyl (C=O) groups is 1. The molecule has 0 atom stereocenters. The van der Waals surface area contributed by atoms with Gasteiger partial charge in [0.1, 0.15) is 6.61 Å². The van der Waals surface area contributed by atoms with E-state index in [0.717, 1.165) is 12.8 Å². The van der Waals surface area contributed by atoms with Crippen molar-refractivity contribution in [3.8, 4) is 0 Å². The third-order valence-electron chi connectivity index (χ3n) is 3.47. The second-order valence-corrected chi connectivity index (χ2v) is 4.90. The zero-order valence-electron chi connectivity index (χ0n) is 10.7. The Kier molecular flexibility index (Phi) is 4.20. The molecule has 3 N–H and O–H groups in total. The van der Waals surface area contributed by atoms with E-state index >= 15 is 0 Å². The summed E-state index contributed by atoms with van der Waals surface area (Å²) in [5.41, 5.74) is 7.60. The highest BCUT2D eigenvalue weighted by atomic mass is 16.5. The zero-order valence-corrected chi connectivity index (χ0v) is 10.7. The van der Waals surface area contributed by atoms with Crippen molar-refractivity contribution in [3.63, 3.8) is 0 Å². The highest BCUT2D eigenvalue weighted by Crippen LogP contribution is 2.36. The Bertz CT molecular complexity index is 397. The first-order valence-electron chi connectivity index (χ1n) is 6.37. The Morgan fingerprint density at radius 2 is 2.06 bits per heavy atom. The number of nitrogens with two attached hydrogens (primary N) is 1. The van der Waals surface area contributed by atoms with E-state index in [2.05, 4.69) is 41.2 Å². The van der Waals surface area contributed by atoms with Gasteiger partial charge in [0.15, 0.2) is 0 Å². The van der Waals surface area contributed by atoms with E-state index in [1.54, 1.807) is 0 Å². The SMILES string of the molecule is Cc1ccc(C2CC(NCCOC(N)=O)C2)cc1. The van der Waals surface area contributed by atoms with Crippen molar-refractivity contribution >= 4 is 6.09 Å². The fourth-order valence-corrected chi connectivity index (χ4v) is 2.31. The zero-order chi connectivity index (χ0) is 13.0. The molecule has 1 aromatic rings. The maximum absolute atomic E-state index is 10.4. The van der Waals surface area contributed by atoms with Gasteiger partial charge in [0.25, 0.3) is 0 Å². The number of nitrogens with one attached hydrogen (secondary N) is 1. The van der Waals surface area contributed by atoms with E-state index in [9.17, 15) is 4.79 Å². The fraction of sp³-hybridized carbons (Fsp3) is 0.500. The Balaban J connectivity index is 1.64. The normalized spacial score (nSPS) is 22.3. The summed E-state index contributed by atoms with van der Waals surface area (Å²) >= 11 is 0. The van der Waals surface area contributed by atoms with Crippen LogP contribution < -0.4 is 11.1 Å². The minimum absolute atomic E-state index is 0.348. The topological polar surface area (TPSA) is 64.3 Å². The summed E-state index contributed by atoms with van der Waals surface area (Å²) in [5, 5.41) is 3.35. The average Bonchev–Trinajstić information content (AvgIpc) is 2.28. The van der Waals surface area contributed by atoms with Gasteiger partial charge < -0.3 is 15.8 Å². The van der Waals surface area contributed by atoms with Crippen molar-refractivity contribution < 1.29 is 9.53 Å². The van der Waals surface area contributed by atoms with Gasteiger partial charge in [0, 0.05) is 12.6 Å². The smallest absolute Gasteiger partial charge is 0.404 e. The van der Waals surface area contributed by atoms with Crippen LogP contribution in [0.4, 0.5) is 4.79 Å². The van der Waals surface area contributed by atoms with Crippen LogP contribution in [0.2, 0.25) is 0 Å². The van der Waals surface area contributed by atoms with Crippen LogP contribution in [0, 0.1) is 6.92 Å². The van der Waals surface area contributed by atoms with Crippen LogP contribution >= 0.6 is 0 Å². The van der Waals surface area contributed by atoms with Crippen molar-refractivity contribution in [1.82, 2.24) is 5.32 Å². The van der Waals surface area contributed by atoms with E-state index in [0.29, 0.717) is 25.1 Å². The number of ether oxygens (including phenoxy) is 1. The molecule has 0 bridgehead atoms. The van der Waals surface area contributed by atoms with E-state index in [-0.39, 0.29) is 0 Å². The molecule has 4 nitrogen and oxygen atoms in total. The molecule has 1 amide bonds. The Hall–Kier alpha value is -1.55. The lowest BCUT2D eigenvalue weighted by Crippen LogP contribution is -2.41. The predicted molar refractivity (Wildman–Crippen MR) is 70.5 cm³/mol. The summed E-state index contributed by atoms with van der Waals surface area (Å²) < 4.78 is 4.66. The Morgan fingerprint density at radius 3 is 2.67 bits per heavy atom. The van der Waals surface area contributed by atoms with Gasteiger partial charge in [-0.25, -0.2) is 4.79 Å². The third-order valence-corrected chi connectivity index (χ3v) is 3.47. The van der Waals surface area contributed by atoms with E-state index < -0.39 is 6.09 Å². The second-order valence-electron chi connectivity index (χ2n) is 4.90. The quantitative estimate of drug-likeness (QED) is 0.782. The molecular formula is C14H20N2O2. The number of hydrogen-bond donors (Lipinski definition) is 2. The predicted octanol–water partition coefficient (Wildman–Crippen LogP) is 1.93. The van der Waals surface area contributed by atoms with Gasteiger partial charge >= 0.3 is 6.09 Å². The monoisotopic (exact) mass is 248 g/mol. The van der Waals surface area contributed by atoms with Crippen molar-refractivity contribution in [2.45, 2.75) is 31.7 Å². The molecule has 4 heteroatoms. The Morgan fingerprint density at radius 1 is 1.39 bits per heavy atom. The third kappa shape index (κ3) is 3.47. The molecule has 0 radical (unpaired) electrons. The first kappa shape index (κ1) is 12.9. The van der Waals surface area contributed by atoms with Gasteiger partial charge in [-0.1, -0.05) is 29.8 Å². The summed E-state index contributed by atoms with van der Waals surface area (Å²) in [5.74, 6) is 0.667. The highest BCUT2D eigenvalue weighted by molar-refractivity contribution is 5.64. The van der Waals surface area contributed by atoms with Crippen LogP contribution in [0.1, 0.15) is 29.9 Å². The van der Waals surface area contributed by atoms with Crippen LogP contribution in [0.3, 0.4) is 0 Å². The molecule has 98 valence electrons. The van der Waals surface area contributed by atoms with Crippen molar-refractivity contribution in [2.75, 3.05) is 13.2 Å². The van der Waals surface area contributed by atoms with Gasteiger partial charge in [-0.15, -0.1) is 0 Å². The standard InChI is InChI=1S/C14H20N2O2/c1-10-2-4-11(5-3-10)12-8-13(9-12)16-6-7-18-14(15)17/h2-5,12-13,16H,6-9H2,1H3,(H2,15,17). The van der Waals surface area contributed by atoms with E-state index in [1.807, 2.05) is 0 Å². The van der Waals surface area contributed by atoms with Crippen molar-refractivity contribution in [1.29, 1.82) is 0 Å². The van der Waals surface area contributed by atoms with E-state index in [1.165, 1.54) is 11.1 Å². The Labute approximate surface area is 108 Å². The molecular weight excluding hydrogens is 228 g/mol. The summed E-state index contributed by atoms with van der Waals surface area (Å²) in [7, 11) is 0. The fourth-order valence-electron chi connectivity index (χ4n) is 2.31. The molecule has 0 heterocycles. The lowest BCUT2D eigenvalue weighted by molar-refractivity contribution is 0.152. The summed E-state index contributed by atoms with van der Waals surface area (Å²) in [6.45, 7) is 3.13. The van der Waals surface area contributed by atoms with Gasteiger partial charge in [-0.2, -0.15) is 0 Å². The van der Waals surface area contributed by atoms with Gasteiger partial charge in [0.05, 0.1) is 0 Å². The van der Waals surface area contributed by atoms with Gasteiger partial charge in [-0.05, 0) is 31.2 Å². The molecule has 0 spiro atoms. The molecule has 2 rings (SSSR count). The first-order valence-corrected chi connectivity index (χ1v) is 6.37. The lowest BCUT2D eigenvalue weighted by atomic mass is 9.76. The van der Waals surface area contributed by atoms with Crippen LogP contribution in [0.15, 0.2) is 24.3 Å². The summed E-state index contributed by atoms with van der Waals surface area (Å²) in [4.78, 5) is 10.4. The maximum atomic E-state index is 10.4. The van der Waals surface area contributed by atoms with Crippen LogP contribution in [-0.4, -0.2) is 25.3 Å². The number of amides is 1. The van der Waals surface area contributed by atoms with Gasteiger partial charge in [-0.3, -0.25) is 0 Å². The molecule has 0 unspecified atom stereocenters. The molecule has 0 aromatic heterocycles. The average molecular weight is 248 g/mol. The largest absolute Gasteiger partial charge is 0.448 e. The molecule has 18 heavy (non-hydrogen) atoms. The number of primary amides is 1. The molecule has 0 aliphatic heterocycles. The summed E-state index contributed by atoms with van der Waals surface area (Å²) in [6.07, 6.45) is 1.60. The van der Waals surface area contributed by atoms with E-state index in [4.69, 9.17) is 5.73 Å². The molecule has 1 fully saturated rings. The molecule has 0 saturated heterocycles. The number of carbonyl (C=O) groups excluding carboxylic acids is 1. The lowest BCUT2D eigenvalue weighted by Gasteiger charge is -2.36. The highest BCUT2D eigenvalue weighted by Gasteiger charge is 2.29. The van der Waals surface area contributed by atoms with Crippen LogP contribution in [0.25, 0.3) is 0 Å². The maximum Gasteiger partial charge on any atom is 0.404 e. The van der Waals surface area contributed by atoms with Crippen LogP contribution in [0.5, 0.6) is 0 Å². The molecule has 1 saturated carbocycles. The minimum Gasteiger partial charge on any atom is -0.448 e. The summed E-state index contributed by atoms with van der Waals surface area (Å²) in [6, 6.07) is 9.29. The minimum atomic E-state index is -0.706. The molecule has 1 aromatic carbocycles. The number of hydrogen-bond acceptors (Lipinski definition) is 3. The second kappa shape index (κ2) is 5.87. The van der Waals surface area contributed by atoms with Crippen molar-refractivity contribution in [2.24, 2.45) is 5.73 Å². The number of benzene rings is 1. The molecule has 1 aliphatic carbocycles. The molecule has 1 aliphatic rings. The van der Waals surface area contributed by atoms with Gasteiger partial charge in [0.2, 0.25) is 0 Å². The number of aryl methyl sites for hydroxylation is 1. The first-order chi connectivity index (χ1) is 8.65. The van der Waals surface area contributed by atoms with Crippen LogP contribution in [-0.2, 0) is 4.74 Å². The van der Waals surface area contributed by atoms with Crippen molar-refractivity contribution in [3.05, 3.63) is 35.4 Å². The number of rotatable bonds is 5.